The van der Waals surface area contributed by atoms with Crippen LogP contribution >= 0.6 is 0 Å². The maximum absolute atomic E-state index is 13.1. The number of aryl methyl sites for hydroxylation is 1. The number of halogens is 1. The lowest BCUT2D eigenvalue weighted by Crippen LogP contribution is -2.07. The molecule has 0 unspecified atom stereocenters. The largest absolute Gasteiger partial charge is 0.481 e. The van der Waals surface area contributed by atoms with Gasteiger partial charge in [-0.15, -0.1) is 0 Å². The normalized spacial score (nSPS) is 11.8. The zero-order valence-corrected chi connectivity index (χ0v) is 15.0. The minimum Gasteiger partial charge on any atom is -0.481 e. The molecule has 0 atom stereocenters. The summed E-state index contributed by atoms with van der Waals surface area (Å²) in [6, 6.07) is 12.8. The molecule has 1 N–H and O–H groups in total. The molecule has 0 aliphatic rings. The van der Waals surface area contributed by atoms with Gasteiger partial charge >= 0.3 is 5.97 Å². The van der Waals surface area contributed by atoms with Crippen LogP contribution in [0.15, 0.2) is 53.4 Å². The number of sulfone groups is 1. The molecular weight excluding hydrogens is 357 g/mol. The van der Waals surface area contributed by atoms with Gasteiger partial charge in [0.1, 0.15) is 5.82 Å². The molecule has 0 fully saturated rings. The summed E-state index contributed by atoms with van der Waals surface area (Å²) in [5.74, 6) is -1.23. The maximum atomic E-state index is 13.1. The van der Waals surface area contributed by atoms with Crippen LogP contribution in [-0.4, -0.2) is 30.3 Å². The van der Waals surface area contributed by atoms with Crippen LogP contribution in [0.3, 0.4) is 0 Å². The fourth-order valence-corrected chi connectivity index (χ4v) is 3.59. The predicted octanol–water partition coefficient (Wildman–Crippen LogP) is 3.25. The van der Waals surface area contributed by atoms with Gasteiger partial charge in [-0.05, 0) is 48.4 Å². The first-order chi connectivity index (χ1) is 12.2. The van der Waals surface area contributed by atoms with Crippen molar-refractivity contribution in [2.45, 2.75) is 24.3 Å². The number of carbonyl (C=O) groups is 1. The van der Waals surface area contributed by atoms with Gasteiger partial charge < -0.3 is 9.67 Å². The quantitative estimate of drug-likeness (QED) is 0.718. The van der Waals surface area contributed by atoms with Gasteiger partial charge in [0.05, 0.1) is 11.3 Å². The molecule has 0 saturated heterocycles. The monoisotopic (exact) mass is 375 g/mol. The molecule has 2 aromatic carbocycles. The van der Waals surface area contributed by atoms with Crippen molar-refractivity contribution in [2.75, 3.05) is 6.26 Å². The summed E-state index contributed by atoms with van der Waals surface area (Å²) in [5.41, 5.74) is 2.46. The van der Waals surface area contributed by atoms with E-state index in [0.717, 1.165) is 28.4 Å². The second-order valence-corrected chi connectivity index (χ2v) is 8.25. The van der Waals surface area contributed by atoms with E-state index < -0.39 is 15.8 Å². The third kappa shape index (κ3) is 3.94. The summed E-state index contributed by atoms with van der Waals surface area (Å²) in [6.45, 7) is 0.441. The van der Waals surface area contributed by atoms with Crippen molar-refractivity contribution >= 4 is 26.7 Å². The van der Waals surface area contributed by atoms with E-state index in [1.807, 2.05) is 10.6 Å². The first kappa shape index (κ1) is 18.1. The first-order valence-corrected chi connectivity index (χ1v) is 9.91. The molecule has 1 heterocycles. The zero-order valence-electron chi connectivity index (χ0n) is 14.1. The molecule has 136 valence electrons. The van der Waals surface area contributed by atoms with Gasteiger partial charge in [0.2, 0.25) is 0 Å². The second-order valence-electron chi connectivity index (χ2n) is 6.23. The van der Waals surface area contributed by atoms with E-state index in [0.29, 0.717) is 13.0 Å². The Morgan fingerprint density at radius 2 is 1.81 bits per heavy atom. The molecule has 0 spiro atoms. The van der Waals surface area contributed by atoms with Gasteiger partial charge in [-0.3, -0.25) is 4.79 Å². The molecule has 5 nitrogen and oxygen atoms in total. The molecular formula is C19H18FNO4S. The predicted molar refractivity (Wildman–Crippen MR) is 96.5 cm³/mol. The lowest BCUT2D eigenvalue weighted by Gasteiger charge is -2.11. The van der Waals surface area contributed by atoms with Crippen LogP contribution in [0.5, 0.6) is 0 Å². The summed E-state index contributed by atoms with van der Waals surface area (Å²) >= 11 is 0. The van der Waals surface area contributed by atoms with Crippen molar-refractivity contribution in [3.05, 3.63) is 65.6 Å². The number of aromatic nitrogens is 1. The van der Waals surface area contributed by atoms with Crippen molar-refractivity contribution in [3.63, 3.8) is 0 Å². The third-order valence-corrected chi connectivity index (χ3v) is 5.35. The summed E-state index contributed by atoms with van der Waals surface area (Å²) in [7, 11) is -3.33. The molecule has 0 saturated carbocycles. The van der Waals surface area contributed by atoms with Crippen LogP contribution in [0.25, 0.3) is 10.9 Å². The number of hydrogen-bond donors (Lipinski definition) is 1. The molecule has 0 aliphatic heterocycles. The van der Waals surface area contributed by atoms with E-state index in [4.69, 9.17) is 5.11 Å². The van der Waals surface area contributed by atoms with Crippen molar-refractivity contribution in [2.24, 2.45) is 0 Å². The minimum absolute atomic E-state index is 0.0291. The van der Waals surface area contributed by atoms with Gasteiger partial charge in [0, 0.05) is 29.4 Å². The zero-order chi connectivity index (χ0) is 18.9. The van der Waals surface area contributed by atoms with E-state index in [-0.39, 0.29) is 17.1 Å². The third-order valence-electron chi connectivity index (χ3n) is 4.24. The van der Waals surface area contributed by atoms with Gasteiger partial charge in [0.25, 0.3) is 0 Å². The van der Waals surface area contributed by atoms with Gasteiger partial charge in [-0.1, -0.05) is 12.1 Å². The van der Waals surface area contributed by atoms with E-state index >= 15 is 0 Å². The van der Waals surface area contributed by atoms with Crippen molar-refractivity contribution in [1.82, 2.24) is 4.57 Å². The highest BCUT2D eigenvalue weighted by molar-refractivity contribution is 7.90. The molecule has 0 aliphatic carbocycles. The number of aliphatic carboxylic acids is 1. The van der Waals surface area contributed by atoms with Gasteiger partial charge in [-0.25, -0.2) is 12.8 Å². The van der Waals surface area contributed by atoms with E-state index in [1.54, 1.807) is 30.3 Å². The lowest BCUT2D eigenvalue weighted by atomic mass is 10.2. The average molecular weight is 375 g/mol. The average Bonchev–Trinajstić information content (AvgIpc) is 2.91. The summed E-state index contributed by atoms with van der Waals surface area (Å²) < 4.78 is 38.6. The Bertz CT molecular complexity index is 1070. The molecule has 3 aromatic rings. The Balaban J connectivity index is 2.08. The molecule has 0 bridgehead atoms. The van der Waals surface area contributed by atoms with E-state index in [9.17, 15) is 17.6 Å². The smallest absolute Gasteiger partial charge is 0.303 e. The number of benzene rings is 2. The molecule has 0 amide bonds. The van der Waals surface area contributed by atoms with Crippen LogP contribution < -0.4 is 0 Å². The van der Waals surface area contributed by atoms with Crippen molar-refractivity contribution in [1.29, 1.82) is 0 Å². The highest BCUT2D eigenvalue weighted by Gasteiger charge is 2.14. The number of carboxylic acid groups (broad SMARTS) is 1. The Morgan fingerprint density at radius 1 is 1.12 bits per heavy atom. The topological polar surface area (TPSA) is 76.4 Å². The maximum Gasteiger partial charge on any atom is 0.303 e. The van der Waals surface area contributed by atoms with Gasteiger partial charge in [-0.2, -0.15) is 0 Å². The van der Waals surface area contributed by atoms with E-state index in [1.165, 1.54) is 12.1 Å². The highest BCUT2D eigenvalue weighted by atomic mass is 32.2. The van der Waals surface area contributed by atoms with Gasteiger partial charge in [0.15, 0.2) is 9.84 Å². The summed E-state index contributed by atoms with van der Waals surface area (Å²) in [6.07, 6.45) is 1.44. The number of rotatable bonds is 6. The number of nitrogens with zero attached hydrogens (tertiary/aromatic N) is 1. The Morgan fingerprint density at radius 3 is 2.42 bits per heavy atom. The Kier molecular flexibility index (Phi) is 4.82. The Hall–Kier alpha value is -2.67. The SMILES string of the molecule is CS(=O)(=O)c1ccc2c(c1)cc(CCC(=O)O)n2Cc1ccc(F)cc1. The lowest BCUT2D eigenvalue weighted by molar-refractivity contribution is -0.136. The van der Waals surface area contributed by atoms with Crippen LogP contribution in [0.4, 0.5) is 4.39 Å². The van der Waals surface area contributed by atoms with Crippen LogP contribution in [-0.2, 0) is 27.6 Å². The second kappa shape index (κ2) is 6.92. The van der Waals surface area contributed by atoms with Crippen LogP contribution in [0.2, 0.25) is 0 Å². The van der Waals surface area contributed by atoms with Crippen molar-refractivity contribution < 1.29 is 22.7 Å². The van der Waals surface area contributed by atoms with Crippen LogP contribution in [0, 0.1) is 5.82 Å². The number of carboxylic acids is 1. The number of fused-ring (bicyclic) bond motifs is 1. The highest BCUT2D eigenvalue weighted by Crippen LogP contribution is 2.25. The fraction of sp³-hybridized carbons (Fsp3) is 0.211. The standard InChI is InChI=1S/C19H18FNO4S/c1-26(24,25)17-7-8-18-14(11-17)10-16(6-9-19(22)23)21(18)12-13-2-4-15(20)5-3-13/h2-5,7-8,10-11H,6,9,12H2,1H3,(H,22,23). The molecule has 1 aromatic heterocycles. The van der Waals surface area contributed by atoms with Crippen LogP contribution in [0.1, 0.15) is 17.7 Å². The molecule has 0 radical (unpaired) electrons. The fourth-order valence-electron chi connectivity index (χ4n) is 2.94. The van der Waals surface area contributed by atoms with E-state index in [2.05, 4.69) is 0 Å². The first-order valence-electron chi connectivity index (χ1n) is 8.02. The summed E-state index contributed by atoms with van der Waals surface area (Å²) in [4.78, 5) is 11.2. The van der Waals surface area contributed by atoms with Crippen molar-refractivity contribution in [3.8, 4) is 0 Å². The minimum atomic E-state index is -3.33. The molecule has 26 heavy (non-hydrogen) atoms. The Labute approximate surface area is 150 Å². The molecule has 3 rings (SSSR count). The molecule has 7 heteroatoms. The summed E-state index contributed by atoms with van der Waals surface area (Å²) in [5, 5.41) is 9.71. The number of hydrogen-bond acceptors (Lipinski definition) is 3.